The number of carboxylic acid groups (broad SMARTS) is 1. The van der Waals surface area contributed by atoms with Crippen LogP contribution in [-0.2, 0) is 9.59 Å². The molecule has 114 valence electrons. The van der Waals surface area contributed by atoms with Gasteiger partial charge in [0, 0.05) is 13.1 Å². The van der Waals surface area contributed by atoms with Crippen molar-refractivity contribution < 1.29 is 14.7 Å². The van der Waals surface area contributed by atoms with E-state index in [-0.39, 0.29) is 11.8 Å². The molecule has 1 aromatic carbocycles. The number of carbonyl (C=O) groups is 2. The molecule has 1 N–H and O–H groups in total. The van der Waals surface area contributed by atoms with E-state index in [1.165, 1.54) is 0 Å². The van der Waals surface area contributed by atoms with Gasteiger partial charge in [0.05, 0.1) is 11.3 Å². The summed E-state index contributed by atoms with van der Waals surface area (Å²) in [6, 6.07) is 9.65. The van der Waals surface area contributed by atoms with Gasteiger partial charge in [-0.25, -0.2) is 0 Å². The summed E-state index contributed by atoms with van der Waals surface area (Å²) in [5, 5.41) is 9.51. The van der Waals surface area contributed by atoms with Crippen LogP contribution < -0.4 is 0 Å². The van der Waals surface area contributed by atoms with Gasteiger partial charge in [-0.1, -0.05) is 37.3 Å². The zero-order chi connectivity index (χ0) is 15.5. The first-order valence-electron chi connectivity index (χ1n) is 7.57. The Labute approximate surface area is 125 Å². The Kier molecular flexibility index (Phi) is 4.66. The predicted octanol–water partition coefficient (Wildman–Crippen LogP) is 2.89. The Balaban J connectivity index is 2.14. The summed E-state index contributed by atoms with van der Waals surface area (Å²) in [5.41, 5.74) is 0.204. The molecule has 2 rings (SSSR count). The van der Waals surface area contributed by atoms with E-state index < -0.39 is 11.4 Å². The molecule has 1 amide bonds. The van der Waals surface area contributed by atoms with Crippen LogP contribution in [0.1, 0.15) is 44.6 Å². The molecule has 1 fully saturated rings. The summed E-state index contributed by atoms with van der Waals surface area (Å²) in [7, 11) is 0. The molecular weight excluding hydrogens is 266 g/mol. The van der Waals surface area contributed by atoms with Crippen LogP contribution in [0.5, 0.6) is 0 Å². The minimum atomic E-state index is -0.783. The van der Waals surface area contributed by atoms with Crippen LogP contribution in [-0.4, -0.2) is 35.0 Å². The summed E-state index contributed by atoms with van der Waals surface area (Å²) in [5.74, 6) is -0.984. The molecule has 0 radical (unpaired) electrons. The first-order valence-corrected chi connectivity index (χ1v) is 7.57. The monoisotopic (exact) mass is 289 g/mol. The van der Waals surface area contributed by atoms with E-state index in [0.717, 1.165) is 12.0 Å². The van der Waals surface area contributed by atoms with Gasteiger partial charge in [-0.2, -0.15) is 0 Å². The average Bonchev–Trinajstić information content (AvgIpc) is 2.54. The molecular formula is C17H23NO3. The summed E-state index contributed by atoms with van der Waals surface area (Å²) in [6.07, 6.45) is 1.97. The van der Waals surface area contributed by atoms with Crippen LogP contribution in [0.4, 0.5) is 0 Å². The summed E-state index contributed by atoms with van der Waals surface area (Å²) >= 11 is 0. The van der Waals surface area contributed by atoms with Gasteiger partial charge in [0.25, 0.3) is 0 Å². The number of carbonyl (C=O) groups excluding carboxylic acids is 1. The van der Waals surface area contributed by atoms with Crippen molar-refractivity contribution in [1.82, 2.24) is 4.90 Å². The van der Waals surface area contributed by atoms with Crippen molar-refractivity contribution in [3.8, 4) is 0 Å². The standard InChI is InChI=1S/C17H23NO3/c1-3-17(16(20)21)10-7-11-18(12-17)15(19)13(2)14-8-5-4-6-9-14/h4-6,8-9,13H,3,7,10-12H2,1-2H3,(H,20,21). The highest BCUT2D eigenvalue weighted by atomic mass is 16.4. The molecule has 0 spiro atoms. The molecule has 2 unspecified atom stereocenters. The Hall–Kier alpha value is -1.84. The Bertz CT molecular complexity index is 514. The molecule has 0 saturated carbocycles. The third-order valence-corrected chi connectivity index (χ3v) is 4.69. The number of rotatable bonds is 4. The topological polar surface area (TPSA) is 57.6 Å². The fourth-order valence-electron chi connectivity index (χ4n) is 3.09. The van der Waals surface area contributed by atoms with E-state index in [1.54, 1.807) is 4.90 Å². The van der Waals surface area contributed by atoms with Gasteiger partial charge in [-0.05, 0) is 31.7 Å². The highest BCUT2D eigenvalue weighted by Gasteiger charge is 2.42. The molecule has 1 aromatic rings. The van der Waals surface area contributed by atoms with E-state index in [4.69, 9.17) is 0 Å². The van der Waals surface area contributed by atoms with Crippen LogP contribution in [0.2, 0.25) is 0 Å². The molecule has 0 bridgehead atoms. The Morgan fingerprint density at radius 3 is 2.57 bits per heavy atom. The molecule has 21 heavy (non-hydrogen) atoms. The second kappa shape index (κ2) is 6.29. The van der Waals surface area contributed by atoms with Gasteiger partial charge in [-0.15, -0.1) is 0 Å². The summed E-state index contributed by atoms with van der Waals surface area (Å²) in [4.78, 5) is 26.0. The van der Waals surface area contributed by atoms with Crippen molar-refractivity contribution >= 4 is 11.9 Å². The van der Waals surface area contributed by atoms with E-state index in [2.05, 4.69) is 0 Å². The lowest BCUT2D eigenvalue weighted by atomic mass is 9.77. The zero-order valence-corrected chi connectivity index (χ0v) is 12.7. The number of piperidine rings is 1. The van der Waals surface area contributed by atoms with Crippen LogP contribution in [0.25, 0.3) is 0 Å². The van der Waals surface area contributed by atoms with Crippen LogP contribution in [0.15, 0.2) is 30.3 Å². The van der Waals surface area contributed by atoms with Crippen LogP contribution >= 0.6 is 0 Å². The lowest BCUT2D eigenvalue weighted by molar-refractivity contribution is -0.155. The third-order valence-electron chi connectivity index (χ3n) is 4.69. The van der Waals surface area contributed by atoms with Crippen molar-refractivity contribution in [3.05, 3.63) is 35.9 Å². The maximum absolute atomic E-state index is 12.7. The molecule has 1 heterocycles. The number of hydrogen-bond acceptors (Lipinski definition) is 2. The van der Waals surface area contributed by atoms with Gasteiger partial charge < -0.3 is 10.0 Å². The van der Waals surface area contributed by atoms with E-state index >= 15 is 0 Å². The van der Waals surface area contributed by atoms with Gasteiger partial charge in [-0.3, -0.25) is 9.59 Å². The number of likely N-dealkylation sites (tertiary alicyclic amines) is 1. The van der Waals surface area contributed by atoms with Crippen LogP contribution in [0, 0.1) is 5.41 Å². The molecule has 0 aromatic heterocycles. The second-order valence-corrected chi connectivity index (χ2v) is 5.93. The number of amides is 1. The molecule has 1 aliphatic heterocycles. The fraction of sp³-hybridized carbons (Fsp3) is 0.529. The normalized spacial score (nSPS) is 23.6. The maximum atomic E-state index is 12.7. The van der Waals surface area contributed by atoms with Crippen molar-refractivity contribution in [2.45, 2.75) is 39.0 Å². The number of nitrogens with zero attached hydrogens (tertiary/aromatic N) is 1. The third kappa shape index (κ3) is 3.09. The van der Waals surface area contributed by atoms with Crippen molar-refractivity contribution in [2.24, 2.45) is 5.41 Å². The highest BCUT2D eigenvalue weighted by molar-refractivity contribution is 5.84. The van der Waals surface area contributed by atoms with E-state index in [9.17, 15) is 14.7 Å². The Morgan fingerprint density at radius 2 is 2.00 bits per heavy atom. The average molecular weight is 289 g/mol. The predicted molar refractivity (Wildman–Crippen MR) is 81.0 cm³/mol. The molecule has 4 heteroatoms. The molecule has 0 aliphatic carbocycles. The number of aliphatic carboxylic acids is 1. The number of benzene rings is 1. The second-order valence-electron chi connectivity index (χ2n) is 5.93. The molecule has 2 atom stereocenters. The largest absolute Gasteiger partial charge is 0.481 e. The first kappa shape index (κ1) is 15.5. The van der Waals surface area contributed by atoms with E-state index in [1.807, 2.05) is 44.2 Å². The van der Waals surface area contributed by atoms with Crippen molar-refractivity contribution in [1.29, 1.82) is 0 Å². The maximum Gasteiger partial charge on any atom is 0.311 e. The highest BCUT2D eigenvalue weighted by Crippen LogP contribution is 2.35. The Morgan fingerprint density at radius 1 is 1.33 bits per heavy atom. The lowest BCUT2D eigenvalue weighted by Crippen LogP contribution is -2.50. The fourth-order valence-corrected chi connectivity index (χ4v) is 3.09. The smallest absolute Gasteiger partial charge is 0.311 e. The van der Waals surface area contributed by atoms with Crippen molar-refractivity contribution in [3.63, 3.8) is 0 Å². The summed E-state index contributed by atoms with van der Waals surface area (Å²) < 4.78 is 0. The molecule has 1 aliphatic rings. The van der Waals surface area contributed by atoms with E-state index in [0.29, 0.717) is 25.9 Å². The van der Waals surface area contributed by atoms with Crippen LogP contribution in [0.3, 0.4) is 0 Å². The molecule has 1 saturated heterocycles. The van der Waals surface area contributed by atoms with Crippen molar-refractivity contribution in [2.75, 3.05) is 13.1 Å². The minimum absolute atomic E-state index is 0.0278. The minimum Gasteiger partial charge on any atom is -0.481 e. The molecule has 4 nitrogen and oxygen atoms in total. The van der Waals surface area contributed by atoms with Gasteiger partial charge >= 0.3 is 5.97 Å². The number of carboxylic acids is 1. The first-order chi connectivity index (χ1) is 10.00. The lowest BCUT2D eigenvalue weighted by Gasteiger charge is -2.40. The van der Waals surface area contributed by atoms with Gasteiger partial charge in [0.1, 0.15) is 0 Å². The van der Waals surface area contributed by atoms with Gasteiger partial charge in [0.15, 0.2) is 0 Å². The SMILES string of the molecule is CCC1(C(=O)O)CCCN(C(=O)C(C)c2ccccc2)C1. The quantitative estimate of drug-likeness (QED) is 0.927. The van der Waals surface area contributed by atoms with Gasteiger partial charge in [0.2, 0.25) is 5.91 Å². The zero-order valence-electron chi connectivity index (χ0n) is 12.7. The summed E-state index contributed by atoms with van der Waals surface area (Å²) in [6.45, 7) is 4.77. The number of hydrogen-bond donors (Lipinski definition) is 1.